The number of rotatable bonds is 7. The molecular formula is C13H19FN2O3. The van der Waals surface area contributed by atoms with Gasteiger partial charge in [-0.15, -0.1) is 0 Å². The number of hydrogen-bond donors (Lipinski definition) is 2. The molecule has 0 aliphatic heterocycles. The predicted molar refractivity (Wildman–Crippen MR) is 70.0 cm³/mol. The first-order valence-electron chi connectivity index (χ1n) is 5.80. The molecule has 0 saturated carbocycles. The maximum atomic E-state index is 12.8. The van der Waals surface area contributed by atoms with Crippen molar-refractivity contribution < 1.29 is 18.7 Å². The Bertz CT molecular complexity index is 420. The summed E-state index contributed by atoms with van der Waals surface area (Å²) in [6.45, 7) is 1.64. The maximum Gasteiger partial charge on any atom is 0.243 e. The SMILES string of the molecule is COC(CC(C)(Nc1ccc(F)cc1)C(N)=O)OC. The van der Waals surface area contributed by atoms with E-state index in [9.17, 15) is 9.18 Å². The molecule has 3 N–H and O–H groups in total. The van der Waals surface area contributed by atoms with Crippen molar-refractivity contribution in [2.24, 2.45) is 5.73 Å². The Morgan fingerprint density at radius 1 is 1.37 bits per heavy atom. The molecule has 1 aromatic carbocycles. The van der Waals surface area contributed by atoms with Gasteiger partial charge in [0.25, 0.3) is 0 Å². The number of methoxy groups -OCH3 is 2. The summed E-state index contributed by atoms with van der Waals surface area (Å²) in [5.74, 6) is -0.895. The highest BCUT2D eigenvalue weighted by atomic mass is 19.1. The summed E-state index contributed by atoms with van der Waals surface area (Å²) in [6, 6.07) is 5.66. The van der Waals surface area contributed by atoms with E-state index in [1.807, 2.05) is 0 Å². The van der Waals surface area contributed by atoms with Gasteiger partial charge in [0.05, 0.1) is 0 Å². The number of nitrogens with one attached hydrogen (secondary N) is 1. The van der Waals surface area contributed by atoms with Crippen LogP contribution in [0.4, 0.5) is 10.1 Å². The van der Waals surface area contributed by atoms with Gasteiger partial charge in [-0.25, -0.2) is 4.39 Å². The molecule has 1 atom stereocenters. The van der Waals surface area contributed by atoms with Gasteiger partial charge in [0.15, 0.2) is 6.29 Å². The number of nitrogens with two attached hydrogens (primary N) is 1. The molecule has 0 radical (unpaired) electrons. The monoisotopic (exact) mass is 270 g/mol. The zero-order chi connectivity index (χ0) is 14.5. The van der Waals surface area contributed by atoms with E-state index in [4.69, 9.17) is 15.2 Å². The highest BCUT2D eigenvalue weighted by Crippen LogP contribution is 2.21. The van der Waals surface area contributed by atoms with Gasteiger partial charge in [-0.2, -0.15) is 0 Å². The van der Waals surface area contributed by atoms with Gasteiger partial charge in [0.2, 0.25) is 5.91 Å². The summed E-state index contributed by atoms with van der Waals surface area (Å²) in [5.41, 5.74) is 4.95. The highest BCUT2D eigenvalue weighted by molar-refractivity contribution is 5.87. The van der Waals surface area contributed by atoms with Gasteiger partial charge in [0.1, 0.15) is 11.4 Å². The highest BCUT2D eigenvalue weighted by Gasteiger charge is 2.34. The Hall–Kier alpha value is -1.66. The van der Waals surface area contributed by atoms with Gasteiger partial charge in [0, 0.05) is 26.3 Å². The minimum Gasteiger partial charge on any atom is -0.371 e. The van der Waals surface area contributed by atoms with Crippen molar-refractivity contribution in [1.82, 2.24) is 0 Å². The molecule has 19 heavy (non-hydrogen) atoms. The number of halogens is 1. The Balaban J connectivity index is 2.87. The van der Waals surface area contributed by atoms with Gasteiger partial charge >= 0.3 is 0 Å². The quantitative estimate of drug-likeness (QED) is 0.736. The average molecular weight is 270 g/mol. The molecule has 1 amide bonds. The first-order chi connectivity index (χ1) is 8.91. The van der Waals surface area contributed by atoms with Crippen molar-refractivity contribution in [3.63, 3.8) is 0 Å². The molecule has 0 aliphatic carbocycles. The number of amides is 1. The summed E-state index contributed by atoms with van der Waals surface area (Å²) in [6.07, 6.45) is -0.336. The van der Waals surface area contributed by atoms with E-state index in [0.717, 1.165) is 0 Å². The lowest BCUT2D eigenvalue weighted by molar-refractivity contribution is -0.134. The fourth-order valence-corrected chi connectivity index (χ4v) is 1.66. The third kappa shape index (κ3) is 4.18. The number of primary amides is 1. The third-order valence-corrected chi connectivity index (χ3v) is 2.91. The largest absolute Gasteiger partial charge is 0.371 e. The standard InChI is InChI=1S/C13H19FN2O3/c1-13(12(15)17,8-11(18-2)19-3)16-10-6-4-9(14)5-7-10/h4-7,11,16H,8H2,1-3H3,(H2,15,17). The summed E-state index contributed by atoms with van der Waals surface area (Å²) in [4.78, 5) is 11.6. The number of carbonyl (C=O) groups excluding carboxylic acids is 1. The molecule has 0 saturated heterocycles. The second-order valence-corrected chi connectivity index (χ2v) is 4.43. The van der Waals surface area contributed by atoms with Crippen molar-refractivity contribution in [3.8, 4) is 0 Å². The molecule has 5 nitrogen and oxygen atoms in total. The molecule has 0 spiro atoms. The Morgan fingerprint density at radius 2 is 1.89 bits per heavy atom. The van der Waals surface area contributed by atoms with Gasteiger partial charge in [-0.1, -0.05) is 0 Å². The first kappa shape index (κ1) is 15.4. The molecule has 0 aromatic heterocycles. The smallest absolute Gasteiger partial charge is 0.243 e. The number of hydrogen-bond acceptors (Lipinski definition) is 4. The van der Waals surface area contributed by atoms with E-state index in [2.05, 4.69) is 5.32 Å². The second-order valence-electron chi connectivity index (χ2n) is 4.43. The Kier molecular flexibility index (Phi) is 5.26. The van der Waals surface area contributed by atoms with E-state index in [1.165, 1.54) is 38.5 Å². The van der Waals surface area contributed by atoms with Crippen LogP contribution in [0.1, 0.15) is 13.3 Å². The van der Waals surface area contributed by atoms with Crippen LogP contribution in [-0.4, -0.2) is 32.0 Å². The molecule has 0 bridgehead atoms. The number of carbonyl (C=O) groups is 1. The zero-order valence-corrected chi connectivity index (χ0v) is 11.3. The van der Waals surface area contributed by atoms with Crippen molar-refractivity contribution in [2.45, 2.75) is 25.2 Å². The second kappa shape index (κ2) is 6.49. The van der Waals surface area contributed by atoms with Crippen molar-refractivity contribution in [3.05, 3.63) is 30.1 Å². The number of benzene rings is 1. The van der Waals surface area contributed by atoms with Gasteiger partial charge in [-0.05, 0) is 31.2 Å². The zero-order valence-electron chi connectivity index (χ0n) is 11.3. The normalized spacial score (nSPS) is 14.2. The van der Waals surface area contributed by atoms with Crippen LogP contribution in [0.25, 0.3) is 0 Å². The van der Waals surface area contributed by atoms with Crippen LogP contribution < -0.4 is 11.1 Å². The average Bonchev–Trinajstić information content (AvgIpc) is 2.38. The fourth-order valence-electron chi connectivity index (χ4n) is 1.66. The Morgan fingerprint density at radius 3 is 2.32 bits per heavy atom. The molecule has 6 heteroatoms. The van der Waals surface area contributed by atoms with Crippen molar-refractivity contribution in [1.29, 1.82) is 0 Å². The van der Waals surface area contributed by atoms with E-state index in [0.29, 0.717) is 5.69 Å². The van der Waals surface area contributed by atoms with E-state index in [1.54, 1.807) is 6.92 Å². The minimum absolute atomic E-state index is 0.229. The van der Waals surface area contributed by atoms with E-state index < -0.39 is 17.7 Å². The first-order valence-corrected chi connectivity index (χ1v) is 5.80. The lowest BCUT2D eigenvalue weighted by Crippen LogP contribution is -2.50. The molecule has 0 heterocycles. The summed E-state index contributed by atoms with van der Waals surface area (Å²) in [5, 5.41) is 2.98. The van der Waals surface area contributed by atoms with Crippen LogP contribution in [0, 0.1) is 5.82 Å². The van der Waals surface area contributed by atoms with Crippen LogP contribution in [0.5, 0.6) is 0 Å². The molecule has 1 rings (SSSR count). The van der Waals surface area contributed by atoms with Crippen molar-refractivity contribution >= 4 is 11.6 Å². The molecular weight excluding hydrogens is 251 g/mol. The van der Waals surface area contributed by atoms with E-state index >= 15 is 0 Å². The fraction of sp³-hybridized carbons (Fsp3) is 0.462. The van der Waals surface area contributed by atoms with Crippen molar-refractivity contribution in [2.75, 3.05) is 19.5 Å². The number of anilines is 1. The Labute approximate surface area is 111 Å². The topological polar surface area (TPSA) is 73.6 Å². The van der Waals surface area contributed by atoms with Gasteiger partial charge in [-0.3, -0.25) is 4.79 Å². The van der Waals surface area contributed by atoms with Crippen LogP contribution in [0.15, 0.2) is 24.3 Å². The lowest BCUT2D eigenvalue weighted by Gasteiger charge is -2.31. The molecule has 1 aromatic rings. The van der Waals surface area contributed by atoms with Crippen LogP contribution in [-0.2, 0) is 14.3 Å². The van der Waals surface area contributed by atoms with Crippen LogP contribution in [0.3, 0.4) is 0 Å². The minimum atomic E-state index is -1.06. The summed E-state index contributed by atoms with van der Waals surface area (Å²) in [7, 11) is 2.96. The maximum absolute atomic E-state index is 12.8. The van der Waals surface area contributed by atoms with Crippen LogP contribution >= 0.6 is 0 Å². The molecule has 0 fully saturated rings. The van der Waals surface area contributed by atoms with Crippen LogP contribution in [0.2, 0.25) is 0 Å². The molecule has 1 unspecified atom stereocenters. The molecule has 0 aliphatic rings. The number of ether oxygens (including phenoxy) is 2. The summed E-state index contributed by atoms with van der Waals surface area (Å²) < 4.78 is 23.0. The third-order valence-electron chi connectivity index (χ3n) is 2.91. The predicted octanol–water partition coefficient (Wildman–Crippen LogP) is 1.49. The van der Waals surface area contributed by atoms with Gasteiger partial charge < -0.3 is 20.5 Å². The summed E-state index contributed by atoms with van der Waals surface area (Å²) >= 11 is 0. The molecule has 106 valence electrons. The lowest BCUT2D eigenvalue weighted by atomic mass is 9.96. The van der Waals surface area contributed by atoms with E-state index in [-0.39, 0.29) is 12.2 Å².